The van der Waals surface area contributed by atoms with Crippen LogP contribution < -0.4 is 5.32 Å². The zero-order valence-electron chi connectivity index (χ0n) is 13.2. The fraction of sp³-hybridized carbons (Fsp3) is 0.312. The molecule has 128 valence electrons. The third-order valence-corrected chi connectivity index (χ3v) is 3.68. The summed E-state index contributed by atoms with van der Waals surface area (Å²) in [5.41, 5.74) is 0.164. The SMILES string of the molecule is COC(=O)CCCNC(=O)c1c(-c2c(F)cccc2Cl)noc1C. The molecule has 6 nitrogen and oxygen atoms in total. The number of esters is 1. The van der Waals surface area contributed by atoms with Crippen LogP contribution in [0.2, 0.25) is 5.02 Å². The molecule has 1 aromatic carbocycles. The first-order chi connectivity index (χ1) is 11.5. The molecule has 8 heteroatoms. The number of carbonyl (C=O) groups is 2. The molecule has 0 bridgehead atoms. The Morgan fingerprint density at radius 1 is 1.42 bits per heavy atom. The van der Waals surface area contributed by atoms with E-state index in [0.717, 1.165) is 0 Å². The number of hydrogen-bond acceptors (Lipinski definition) is 5. The van der Waals surface area contributed by atoms with Crippen molar-refractivity contribution in [3.8, 4) is 11.3 Å². The molecule has 0 aliphatic carbocycles. The normalized spacial score (nSPS) is 10.5. The highest BCUT2D eigenvalue weighted by atomic mass is 35.5. The van der Waals surface area contributed by atoms with Crippen molar-refractivity contribution in [2.24, 2.45) is 0 Å². The molecular weight excluding hydrogens is 339 g/mol. The zero-order chi connectivity index (χ0) is 17.7. The number of nitrogens with zero attached hydrogens (tertiary/aromatic N) is 1. The lowest BCUT2D eigenvalue weighted by atomic mass is 10.0. The van der Waals surface area contributed by atoms with Crippen LogP contribution in [-0.4, -0.2) is 30.7 Å². The van der Waals surface area contributed by atoms with Crippen LogP contribution in [0.25, 0.3) is 11.3 Å². The second-order valence-electron chi connectivity index (χ2n) is 4.99. The minimum absolute atomic E-state index is 0.00993. The number of benzene rings is 1. The first-order valence-electron chi connectivity index (χ1n) is 7.21. The number of aromatic nitrogens is 1. The molecule has 0 spiro atoms. The highest BCUT2D eigenvalue weighted by Crippen LogP contribution is 2.33. The molecule has 0 atom stereocenters. The zero-order valence-corrected chi connectivity index (χ0v) is 13.9. The Morgan fingerprint density at radius 3 is 2.83 bits per heavy atom. The van der Waals surface area contributed by atoms with Gasteiger partial charge in [0.1, 0.15) is 22.8 Å². The highest BCUT2D eigenvalue weighted by molar-refractivity contribution is 6.33. The number of aryl methyl sites for hydroxylation is 1. The molecule has 24 heavy (non-hydrogen) atoms. The maximum absolute atomic E-state index is 14.1. The van der Waals surface area contributed by atoms with Gasteiger partial charge in [-0.2, -0.15) is 0 Å². The summed E-state index contributed by atoms with van der Waals surface area (Å²) in [5.74, 6) is -1.19. The van der Waals surface area contributed by atoms with Gasteiger partial charge in [-0.1, -0.05) is 22.8 Å². The summed E-state index contributed by atoms with van der Waals surface area (Å²) < 4.78 is 23.6. The quantitative estimate of drug-likeness (QED) is 0.636. The van der Waals surface area contributed by atoms with Gasteiger partial charge in [0, 0.05) is 13.0 Å². The molecule has 0 fully saturated rings. The van der Waals surface area contributed by atoms with E-state index < -0.39 is 11.7 Å². The number of methoxy groups -OCH3 is 1. The lowest BCUT2D eigenvalue weighted by Gasteiger charge is -2.07. The number of rotatable bonds is 6. The molecular formula is C16H16ClFN2O4. The summed E-state index contributed by atoms with van der Waals surface area (Å²) in [7, 11) is 1.30. The number of amides is 1. The Hall–Kier alpha value is -2.41. The van der Waals surface area contributed by atoms with Gasteiger partial charge in [0.15, 0.2) is 0 Å². The van der Waals surface area contributed by atoms with E-state index in [9.17, 15) is 14.0 Å². The predicted octanol–water partition coefficient (Wildman–Crippen LogP) is 3.13. The van der Waals surface area contributed by atoms with E-state index in [0.29, 0.717) is 6.42 Å². The molecule has 1 aromatic heterocycles. The summed E-state index contributed by atoms with van der Waals surface area (Å²) in [5, 5.41) is 6.53. The van der Waals surface area contributed by atoms with Gasteiger partial charge >= 0.3 is 5.97 Å². The van der Waals surface area contributed by atoms with Crippen LogP contribution in [-0.2, 0) is 9.53 Å². The fourth-order valence-corrected chi connectivity index (χ4v) is 2.41. The second-order valence-corrected chi connectivity index (χ2v) is 5.40. The van der Waals surface area contributed by atoms with E-state index in [1.54, 1.807) is 6.92 Å². The van der Waals surface area contributed by atoms with Gasteiger partial charge in [0.25, 0.3) is 5.91 Å². The van der Waals surface area contributed by atoms with Crippen LogP contribution in [0.1, 0.15) is 29.0 Å². The third-order valence-electron chi connectivity index (χ3n) is 3.36. The average Bonchev–Trinajstić information content (AvgIpc) is 2.92. The Kier molecular flexibility index (Phi) is 5.92. The van der Waals surface area contributed by atoms with Crippen LogP contribution >= 0.6 is 11.6 Å². The summed E-state index contributed by atoms with van der Waals surface area (Å²) >= 11 is 6.02. The summed E-state index contributed by atoms with van der Waals surface area (Å²) in [6.07, 6.45) is 0.601. The lowest BCUT2D eigenvalue weighted by Crippen LogP contribution is -2.25. The molecule has 1 N–H and O–H groups in total. The first-order valence-corrected chi connectivity index (χ1v) is 7.59. The summed E-state index contributed by atoms with van der Waals surface area (Å²) in [6, 6.07) is 4.19. The predicted molar refractivity (Wildman–Crippen MR) is 85.2 cm³/mol. The number of carbonyl (C=O) groups excluding carboxylic acids is 2. The molecule has 2 aromatic rings. The number of nitrogens with one attached hydrogen (secondary N) is 1. The minimum atomic E-state index is -0.601. The molecule has 2 rings (SSSR count). The van der Waals surface area contributed by atoms with Crippen molar-refractivity contribution in [2.45, 2.75) is 19.8 Å². The summed E-state index contributed by atoms with van der Waals surface area (Å²) in [4.78, 5) is 23.4. The van der Waals surface area contributed by atoms with E-state index in [1.807, 2.05) is 0 Å². The van der Waals surface area contributed by atoms with Gasteiger partial charge in [0.05, 0.1) is 17.7 Å². The van der Waals surface area contributed by atoms with Crippen LogP contribution in [0.5, 0.6) is 0 Å². The maximum Gasteiger partial charge on any atom is 0.305 e. The maximum atomic E-state index is 14.1. The molecule has 1 heterocycles. The van der Waals surface area contributed by atoms with E-state index in [-0.39, 0.29) is 46.5 Å². The Balaban J connectivity index is 2.18. The first kappa shape index (κ1) is 17.9. The van der Waals surface area contributed by atoms with Crippen LogP contribution in [0.15, 0.2) is 22.7 Å². The van der Waals surface area contributed by atoms with Gasteiger partial charge in [0.2, 0.25) is 0 Å². The molecule has 0 saturated carbocycles. The topological polar surface area (TPSA) is 81.4 Å². The van der Waals surface area contributed by atoms with Crippen molar-refractivity contribution in [1.29, 1.82) is 0 Å². The Labute approximate surface area is 142 Å². The van der Waals surface area contributed by atoms with Crippen molar-refractivity contribution >= 4 is 23.5 Å². The number of halogens is 2. The van der Waals surface area contributed by atoms with Gasteiger partial charge in [-0.05, 0) is 25.5 Å². The van der Waals surface area contributed by atoms with Crippen molar-refractivity contribution < 1.29 is 23.2 Å². The molecule has 0 unspecified atom stereocenters. The number of ether oxygens (including phenoxy) is 1. The van der Waals surface area contributed by atoms with Crippen molar-refractivity contribution in [1.82, 2.24) is 10.5 Å². The molecule has 0 aliphatic rings. The Bertz CT molecular complexity index is 740. The largest absolute Gasteiger partial charge is 0.469 e. The second kappa shape index (κ2) is 7.92. The van der Waals surface area contributed by atoms with Crippen molar-refractivity contribution in [3.05, 3.63) is 40.4 Å². The van der Waals surface area contributed by atoms with Gasteiger partial charge in [-0.25, -0.2) is 4.39 Å². The van der Waals surface area contributed by atoms with Gasteiger partial charge in [-0.3, -0.25) is 9.59 Å². The van der Waals surface area contributed by atoms with E-state index in [4.69, 9.17) is 16.1 Å². The summed E-state index contributed by atoms with van der Waals surface area (Å²) in [6.45, 7) is 1.80. The Morgan fingerprint density at radius 2 is 2.17 bits per heavy atom. The molecule has 1 amide bonds. The lowest BCUT2D eigenvalue weighted by molar-refractivity contribution is -0.140. The van der Waals surface area contributed by atoms with Crippen molar-refractivity contribution in [3.63, 3.8) is 0 Å². The molecule has 0 radical (unpaired) electrons. The fourth-order valence-electron chi connectivity index (χ4n) is 2.16. The minimum Gasteiger partial charge on any atom is -0.469 e. The molecule has 0 saturated heterocycles. The smallest absolute Gasteiger partial charge is 0.305 e. The van der Waals surface area contributed by atoms with E-state index in [2.05, 4.69) is 15.2 Å². The van der Waals surface area contributed by atoms with Crippen LogP contribution in [0.4, 0.5) is 4.39 Å². The van der Waals surface area contributed by atoms with Gasteiger partial charge < -0.3 is 14.6 Å². The third kappa shape index (κ3) is 3.91. The van der Waals surface area contributed by atoms with Crippen molar-refractivity contribution in [2.75, 3.05) is 13.7 Å². The van der Waals surface area contributed by atoms with E-state index >= 15 is 0 Å². The van der Waals surface area contributed by atoms with Gasteiger partial charge in [-0.15, -0.1) is 0 Å². The average molecular weight is 355 g/mol. The van der Waals surface area contributed by atoms with E-state index in [1.165, 1.54) is 25.3 Å². The van der Waals surface area contributed by atoms with Crippen LogP contribution in [0, 0.1) is 12.7 Å². The van der Waals surface area contributed by atoms with Crippen LogP contribution in [0.3, 0.4) is 0 Å². The standard InChI is InChI=1S/C16H16ClFN2O4/c1-9-13(16(22)19-8-4-7-12(21)23-2)15(20-24-9)14-10(17)5-3-6-11(14)18/h3,5-6H,4,7-8H2,1-2H3,(H,19,22). The molecule has 0 aliphatic heterocycles. The highest BCUT2D eigenvalue weighted by Gasteiger charge is 2.25. The monoisotopic (exact) mass is 354 g/mol. The number of hydrogen-bond donors (Lipinski definition) is 1.